The number of aryl methyl sites for hydroxylation is 2. The molecular weight excluding hydrogens is 348 g/mol. The summed E-state index contributed by atoms with van der Waals surface area (Å²) in [5.74, 6) is -1.67. The number of esters is 2. The summed E-state index contributed by atoms with van der Waals surface area (Å²) in [6.45, 7) is 8.27. The van der Waals surface area contributed by atoms with E-state index in [1.165, 1.54) is 0 Å². The van der Waals surface area contributed by atoms with Crippen LogP contribution in [-0.2, 0) is 14.3 Å². The molecule has 144 valence electrons. The van der Waals surface area contributed by atoms with E-state index < -0.39 is 24.5 Å². The Hall–Kier alpha value is -3.09. The van der Waals surface area contributed by atoms with Gasteiger partial charge in [-0.3, -0.25) is 4.79 Å². The monoisotopic (exact) mass is 372 g/mol. The molecule has 1 amide bonds. The quantitative estimate of drug-likeness (QED) is 0.758. The van der Waals surface area contributed by atoms with Crippen LogP contribution in [0.4, 0.5) is 5.69 Å². The van der Waals surface area contributed by atoms with Crippen LogP contribution in [0.15, 0.2) is 24.3 Å². The molecule has 0 aliphatic carbocycles. The highest BCUT2D eigenvalue weighted by atomic mass is 16.5. The highest BCUT2D eigenvalue weighted by Gasteiger charge is 2.24. The predicted octanol–water partition coefficient (Wildman–Crippen LogP) is 3.30. The molecule has 0 saturated heterocycles. The molecule has 0 atom stereocenters. The maximum absolute atomic E-state index is 12.3. The number of amides is 1. The third-order valence-electron chi connectivity index (χ3n) is 3.82. The maximum atomic E-state index is 12.3. The Morgan fingerprint density at radius 2 is 1.81 bits per heavy atom. The Balaban J connectivity index is 2.02. The summed E-state index contributed by atoms with van der Waals surface area (Å²) >= 11 is 0. The number of rotatable bonds is 6. The van der Waals surface area contributed by atoms with E-state index in [0.717, 1.165) is 5.56 Å². The van der Waals surface area contributed by atoms with Gasteiger partial charge in [0, 0.05) is 11.4 Å². The number of anilines is 1. The van der Waals surface area contributed by atoms with Gasteiger partial charge in [-0.25, -0.2) is 9.59 Å². The van der Waals surface area contributed by atoms with Crippen LogP contribution in [0.2, 0.25) is 0 Å². The second-order valence-corrected chi connectivity index (χ2v) is 6.57. The molecule has 0 saturated carbocycles. The summed E-state index contributed by atoms with van der Waals surface area (Å²) < 4.78 is 10.3. The zero-order chi connectivity index (χ0) is 20.1. The van der Waals surface area contributed by atoms with Crippen LogP contribution in [0, 0.1) is 20.8 Å². The topological polar surface area (TPSA) is 97.5 Å². The summed E-state index contributed by atoms with van der Waals surface area (Å²) in [7, 11) is 0. The fourth-order valence-electron chi connectivity index (χ4n) is 2.66. The van der Waals surface area contributed by atoms with E-state index >= 15 is 0 Å². The smallest absolute Gasteiger partial charge is 0.355 e. The normalized spacial score (nSPS) is 10.6. The molecule has 1 heterocycles. The first kappa shape index (κ1) is 20.2. The minimum atomic E-state index is -0.710. The lowest BCUT2D eigenvalue weighted by molar-refractivity contribution is -0.119. The molecule has 1 aromatic heterocycles. The molecule has 7 nitrogen and oxygen atoms in total. The van der Waals surface area contributed by atoms with Crippen LogP contribution < -0.4 is 5.32 Å². The second-order valence-electron chi connectivity index (χ2n) is 6.57. The summed E-state index contributed by atoms with van der Waals surface area (Å²) in [5.41, 5.74) is 3.01. The van der Waals surface area contributed by atoms with Gasteiger partial charge in [-0.15, -0.1) is 0 Å². The van der Waals surface area contributed by atoms with Crippen molar-refractivity contribution in [1.29, 1.82) is 0 Å². The molecule has 1 aromatic carbocycles. The summed E-state index contributed by atoms with van der Waals surface area (Å²) in [5, 5.41) is 2.66. The fourth-order valence-corrected chi connectivity index (χ4v) is 2.66. The minimum Gasteiger partial charge on any atom is -0.459 e. The Morgan fingerprint density at radius 3 is 2.44 bits per heavy atom. The largest absolute Gasteiger partial charge is 0.459 e. The Labute approximate surface area is 158 Å². The van der Waals surface area contributed by atoms with Gasteiger partial charge >= 0.3 is 11.9 Å². The molecule has 0 unspecified atom stereocenters. The third-order valence-corrected chi connectivity index (χ3v) is 3.82. The molecular formula is C20H24N2O5. The van der Waals surface area contributed by atoms with Gasteiger partial charge in [0.1, 0.15) is 5.69 Å². The van der Waals surface area contributed by atoms with Crippen molar-refractivity contribution in [2.45, 2.75) is 40.7 Å². The molecule has 0 aliphatic heterocycles. The summed E-state index contributed by atoms with van der Waals surface area (Å²) in [4.78, 5) is 39.3. The molecule has 0 bridgehead atoms. The van der Waals surface area contributed by atoms with E-state index in [-0.39, 0.29) is 11.8 Å². The maximum Gasteiger partial charge on any atom is 0.355 e. The minimum absolute atomic E-state index is 0.131. The van der Waals surface area contributed by atoms with E-state index in [2.05, 4.69) is 10.3 Å². The number of aromatic amines is 1. The SMILES string of the molecule is Cc1cccc(NC(=O)COC(=O)c2[nH]c(C)c(C(=O)OC(C)C)c2C)c1. The molecule has 7 heteroatoms. The molecule has 27 heavy (non-hydrogen) atoms. The standard InChI is InChI=1S/C20H24N2O5/c1-11(2)27-19(24)17-13(4)18(21-14(17)5)20(25)26-10-16(23)22-15-8-6-7-12(3)9-15/h6-9,11,21H,10H2,1-5H3,(H,22,23). The highest BCUT2D eigenvalue weighted by Crippen LogP contribution is 2.20. The van der Waals surface area contributed by atoms with Crippen molar-refractivity contribution in [2.24, 2.45) is 0 Å². The van der Waals surface area contributed by atoms with Gasteiger partial charge in [-0.1, -0.05) is 12.1 Å². The van der Waals surface area contributed by atoms with E-state index in [1.54, 1.807) is 33.8 Å². The van der Waals surface area contributed by atoms with Crippen LogP contribution in [0.1, 0.15) is 51.5 Å². The van der Waals surface area contributed by atoms with Gasteiger partial charge in [0.2, 0.25) is 0 Å². The third kappa shape index (κ3) is 5.20. The van der Waals surface area contributed by atoms with E-state index in [1.807, 2.05) is 25.1 Å². The number of aromatic nitrogens is 1. The summed E-state index contributed by atoms with van der Waals surface area (Å²) in [6, 6.07) is 7.29. The van der Waals surface area contributed by atoms with Crippen LogP contribution in [0.3, 0.4) is 0 Å². The van der Waals surface area contributed by atoms with Crippen molar-refractivity contribution in [3.63, 3.8) is 0 Å². The van der Waals surface area contributed by atoms with E-state index in [0.29, 0.717) is 22.5 Å². The van der Waals surface area contributed by atoms with Gasteiger partial charge in [-0.2, -0.15) is 0 Å². The van der Waals surface area contributed by atoms with Crippen LogP contribution in [0.25, 0.3) is 0 Å². The van der Waals surface area contributed by atoms with Gasteiger partial charge in [-0.05, 0) is 57.9 Å². The Bertz CT molecular complexity index is 867. The first-order chi connectivity index (χ1) is 12.7. The van der Waals surface area contributed by atoms with Crippen LogP contribution >= 0.6 is 0 Å². The number of ether oxygens (including phenoxy) is 2. The molecule has 0 spiro atoms. The van der Waals surface area contributed by atoms with Gasteiger partial charge < -0.3 is 19.8 Å². The molecule has 0 aliphatic rings. The average molecular weight is 372 g/mol. The molecule has 0 radical (unpaired) electrons. The number of benzene rings is 1. The van der Waals surface area contributed by atoms with Crippen LogP contribution in [-0.4, -0.2) is 35.5 Å². The van der Waals surface area contributed by atoms with Crippen molar-refractivity contribution < 1.29 is 23.9 Å². The average Bonchev–Trinajstić information content (AvgIpc) is 2.86. The predicted molar refractivity (Wildman–Crippen MR) is 101 cm³/mol. The van der Waals surface area contributed by atoms with Crippen molar-refractivity contribution >= 4 is 23.5 Å². The van der Waals surface area contributed by atoms with Crippen molar-refractivity contribution in [3.05, 3.63) is 52.3 Å². The number of nitrogens with one attached hydrogen (secondary N) is 2. The lowest BCUT2D eigenvalue weighted by atomic mass is 10.1. The molecule has 2 rings (SSSR count). The number of hydrogen-bond acceptors (Lipinski definition) is 5. The van der Waals surface area contributed by atoms with E-state index in [4.69, 9.17) is 9.47 Å². The highest BCUT2D eigenvalue weighted by molar-refractivity contribution is 5.99. The van der Waals surface area contributed by atoms with Crippen molar-refractivity contribution in [2.75, 3.05) is 11.9 Å². The fraction of sp³-hybridized carbons (Fsp3) is 0.350. The first-order valence-electron chi connectivity index (χ1n) is 8.62. The van der Waals surface area contributed by atoms with Gasteiger partial charge in [0.25, 0.3) is 5.91 Å². The molecule has 0 fully saturated rings. The number of carbonyl (C=O) groups is 3. The summed E-state index contributed by atoms with van der Waals surface area (Å²) in [6.07, 6.45) is -0.271. The van der Waals surface area contributed by atoms with Gasteiger partial charge in [0.15, 0.2) is 6.61 Å². The number of H-pyrrole nitrogens is 1. The Kier molecular flexibility index (Phi) is 6.39. The molecule has 2 N–H and O–H groups in total. The lowest BCUT2D eigenvalue weighted by Crippen LogP contribution is -2.21. The lowest BCUT2D eigenvalue weighted by Gasteiger charge is -2.08. The zero-order valence-corrected chi connectivity index (χ0v) is 16.1. The molecule has 2 aromatic rings. The number of hydrogen-bond donors (Lipinski definition) is 2. The van der Waals surface area contributed by atoms with E-state index in [9.17, 15) is 14.4 Å². The first-order valence-corrected chi connectivity index (χ1v) is 8.62. The van der Waals surface area contributed by atoms with Gasteiger partial charge in [0.05, 0.1) is 11.7 Å². The number of carbonyl (C=O) groups excluding carboxylic acids is 3. The van der Waals surface area contributed by atoms with Crippen molar-refractivity contribution in [3.8, 4) is 0 Å². The second kappa shape index (κ2) is 8.53. The Morgan fingerprint density at radius 1 is 1.11 bits per heavy atom. The van der Waals surface area contributed by atoms with Crippen LogP contribution in [0.5, 0.6) is 0 Å². The van der Waals surface area contributed by atoms with Crippen molar-refractivity contribution in [1.82, 2.24) is 4.98 Å². The zero-order valence-electron chi connectivity index (χ0n) is 16.1.